The van der Waals surface area contributed by atoms with Gasteiger partial charge in [-0.05, 0) is 30.9 Å². The summed E-state index contributed by atoms with van der Waals surface area (Å²) < 4.78 is 1.98. The smallest absolute Gasteiger partial charge is 0.166 e. The molecular weight excluding hydrogens is 224 g/mol. The zero-order chi connectivity index (χ0) is 12.5. The molecule has 1 aliphatic rings. The molecule has 0 saturated heterocycles. The van der Waals surface area contributed by atoms with Crippen LogP contribution in [0.5, 0.6) is 0 Å². The van der Waals surface area contributed by atoms with Crippen molar-refractivity contribution in [1.82, 2.24) is 9.78 Å². The average Bonchev–Trinajstić information content (AvgIpc) is 2.77. The number of rotatable bonds is 2. The molecule has 1 aromatic heterocycles. The van der Waals surface area contributed by atoms with E-state index in [1.54, 1.807) is 6.20 Å². The van der Waals surface area contributed by atoms with Crippen LogP contribution in [-0.2, 0) is 13.0 Å². The number of carbonyl (C=O) groups is 1. The molecule has 2 aromatic rings. The molecule has 0 atom stereocenters. The molecule has 18 heavy (non-hydrogen) atoms. The first-order valence-electron chi connectivity index (χ1n) is 6.38. The van der Waals surface area contributed by atoms with Crippen LogP contribution in [0.25, 0.3) is 0 Å². The normalized spacial score (nSPS) is 14.6. The van der Waals surface area contributed by atoms with Gasteiger partial charge in [-0.3, -0.25) is 9.48 Å². The van der Waals surface area contributed by atoms with Gasteiger partial charge in [-0.15, -0.1) is 0 Å². The highest BCUT2D eigenvalue weighted by molar-refractivity contribution is 5.97. The van der Waals surface area contributed by atoms with E-state index in [4.69, 9.17) is 0 Å². The van der Waals surface area contributed by atoms with Gasteiger partial charge in [0.1, 0.15) is 0 Å². The molecule has 0 radical (unpaired) electrons. The van der Waals surface area contributed by atoms with Crippen molar-refractivity contribution in [2.45, 2.75) is 32.7 Å². The number of aryl methyl sites for hydroxylation is 1. The maximum absolute atomic E-state index is 11.8. The Bertz CT molecular complexity index is 598. The van der Waals surface area contributed by atoms with E-state index in [9.17, 15) is 4.79 Å². The fourth-order valence-corrected chi connectivity index (χ4v) is 2.54. The van der Waals surface area contributed by atoms with E-state index in [0.29, 0.717) is 6.42 Å². The first-order chi connectivity index (χ1) is 8.75. The fraction of sp³-hybridized carbons (Fsp3) is 0.333. The topological polar surface area (TPSA) is 34.9 Å². The number of fused-ring (bicyclic) bond motifs is 1. The van der Waals surface area contributed by atoms with Crippen molar-refractivity contribution < 1.29 is 4.79 Å². The summed E-state index contributed by atoms with van der Waals surface area (Å²) in [5.41, 5.74) is 4.47. The van der Waals surface area contributed by atoms with Crippen LogP contribution >= 0.6 is 0 Å². The molecule has 1 aliphatic carbocycles. The van der Waals surface area contributed by atoms with Crippen molar-refractivity contribution in [3.05, 3.63) is 52.8 Å². The molecule has 3 rings (SSSR count). The molecule has 3 heteroatoms. The first kappa shape index (κ1) is 11.2. The molecule has 0 spiro atoms. The average molecular weight is 240 g/mol. The van der Waals surface area contributed by atoms with Gasteiger partial charge in [0.25, 0.3) is 0 Å². The van der Waals surface area contributed by atoms with Crippen molar-refractivity contribution in [3.63, 3.8) is 0 Å². The minimum absolute atomic E-state index is 0.243. The van der Waals surface area contributed by atoms with Crippen LogP contribution in [0.3, 0.4) is 0 Å². The Balaban J connectivity index is 1.95. The summed E-state index contributed by atoms with van der Waals surface area (Å²) in [6, 6.07) is 8.31. The lowest BCUT2D eigenvalue weighted by Gasteiger charge is -2.14. The molecule has 0 saturated carbocycles. The standard InChI is InChI=1S/C15H16N2O/c1-11-5-2-3-6-12(11)10-17-14-7-4-8-15(18)13(14)9-16-17/h2-3,5-6,9H,4,7-8,10H2,1H3. The minimum atomic E-state index is 0.243. The number of carbonyl (C=O) groups excluding carboxylic acids is 1. The summed E-state index contributed by atoms with van der Waals surface area (Å²) in [6.07, 6.45) is 4.32. The first-order valence-corrected chi connectivity index (χ1v) is 6.38. The summed E-state index contributed by atoms with van der Waals surface area (Å²) in [6.45, 7) is 2.87. The van der Waals surface area contributed by atoms with Gasteiger partial charge in [-0.2, -0.15) is 5.10 Å². The number of benzene rings is 1. The predicted octanol–water partition coefficient (Wildman–Crippen LogP) is 2.76. The summed E-state index contributed by atoms with van der Waals surface area (Å²) in [7, 11) is 0. The summed E-state index contributed by atoms with van der Waals surface area (Å²) in [5.74, 6) is 0.243. The van der Waals surface area contributed by atoms with E-state index in [1.165, 1.54) is 11.1 Å². The molecule has 0 aliphatic heterocycles. The zero-order valence-corrected chi connectivity index (χ0v) is 10.5. The van der Waals surface area contributed by atoms with Crippen molar-refractivity contribution in [2.24, 2.45) is 0 Å². The van der Waals surface area contributed by atoms with Crippen molar-refractivity contribution in [1.29, 1.82) is 0 Å². The zero-order valence-electron chi connectivity index (χ0n) is 10.5. The van der Waals surface area contributed by atoms with Crippen molar-refractivity contribution in [3.8, 4) is 0 Å². The second-order valence-corrected chi connectivity index (χ2v) is 4.87. The van der Waals surface area contributed by atoms with Gasteiger partial charge in [0.05, 0.1) is 18.3 Å². The summed E-state index contributed by atoms with van der Waals surface area (Å²) in [4.78, 5) is 11.8. The lowest BCUT2D eigenvalue weighted by molar-refractivity contribution is 0.0972. The van der Waals surface area contributed by atoms with Crippen molar-refractivity contribution in [2.75, 3.05) is 0 Å². The summed E-state index contributed by atoms with van der Waals surface area (Å²) >= 11 is 0. The largest absolute Gasteiger partial charge is 0.294 e. The van der Waals surface area contributed by atoms with E-state index < -0.39 is 0 Å². The van der Waals surface area contributed by atoms with Gasteiger partial charge in [0.2, 0.25) is 0 Å². The SMILES string of the molecule is Cc1ccccc1Cn1ncc2c1CCCC2=O. The third-order valence-corrected chi connectivity index (χ3v) is 3.65. The third kappa shape index (κ3) is 1.86. The van der Waals surface area contributed by atoms with Gasteiger partial charge in [0, 0.05) is 12.1 Å². The number of aromatic nitrogens is 2. The number of hydrogen-bond acceptors (Lipinski definition) is 2. The molecule has 1 heterocycles. The highest BCUT2D eigenvalue weighted by atomic mass is 16.1. The third-order valence-electron chi connectivity index (χ3n) is 3.65. The Labute approximate surface area is 106 Å². The molecule has 0 amide bonds. The number of Topliss-reactive ketones (excluding diaryl/α,β-unsaturated/α-hetero) is 1. The van der Waals surface area contributed by atoms with Crippen LogP contribution in [0, 0.1) is 6.92 Å². The number of ketones is 1. The second-order valence-electron chi connectivity index (χ2n) is 4.87. The van der Waals surface area contributed by atoms with Gasteiger partial charge in [-0.25, -0.2) is 0 Å². The van der Waals surface area contributed by atoms with E-state index in [2.05, 4.69) is 24.2 Å². The molecule has 0 bridgehead atoms. The predicted molar refractivity (Wildman–Crippen MR) is 69.8 cm³/mol. The van der Waals surface area contributed by atoms with Crippen LogP contribution in [0.1, 0.15) is 40.0 Å². The van der Waals surface area contributed by atoms with Crippen LogP contribution in [0.4, 0.5) is 0 Å². The minimum Gasteiger partial charge on any atom is -0.294 e. The van der Waals surface area contributed by atoms with Gasteiger partial charge in [-0.1, -0.05) is 24.3 Å². The lowest BCUT2D eigenvalue weighted by Crippen LogP contribution is -2.14. The molecule has 0 N–H and O–H groups in total. The van der Waals surface area contributed by atoms with Crippen LogP contribution in [-0.4, -0.2) is 15.6 Å². The lowest BCUT2D eigenvalue weighted by atomic mass is 9.97. The highest BCUT2D eigenvalue weighted by Gasteiger charge is 2.21. The Hall–Kier alpha value is -1.90. The van der Waals surface area contributed by atoms with Gasteiger partial charge < -0.3 is 0 Å². The molecule has 0 fully saturated rings. The Morgan fingerprint density at radius 2 is 2.11 bits per heavy atom. The fourth-order valence-electron chi connectivity index (χ4n) is 2.54. The van der Waals surface area contributed by atoms with Crippen LogP contribution in [0.15, 0.2) is 30.5 Å². The quantitative estimate of drug-likeness (QED) is 0.809. The van der Waals surface area contributed by atoms with Gasteiger partial charge in [0.15, 0.2) is 5.78 Å². The molecule has 92 valence electrons. The van der Waals surface area contributed by atoms with Crippen molar-refractivity contribution >= 4 is 5.78 Å². The Morgan fingerprint density at radius 3 is 2.94 bits per heavy atom. The number of nitrogens with zero attached hydrogens (tertiary/aromatic N) is 2. The Morgan fingerprint density at radius 1 is 1.28 bits per heavy atom. The molecular formula is C15H16N2O. The molecule has 0 unspecified atom stereocenters. The maximum Gasteiger partial charge on any atom is 0.166 e. The Kier molecular flexibility index (Phi) is 2.74. The monoisotopic (exact) mass is 240 g/mol. The van der Waals surface area contributed by atoms with E-state index in [-0.39, 0.29) is 5.78 Å². The summed E-state index contributed by atoms with van der Waals surface area (Å²) in [5, 5.41) is 4.38. The maximum atomic E-state index is 11.8. The second kappa shape index (κ2) is 4.41. The van der Waals surface area contributed by atoms with Gasteiger partial charge >= 0.3 is 0 Å². The molecule has 1 aromatic carbocycles. The van der Waals surface area contributed by atoms with E-state index >= 15 is 0 Å². The molecule has 3 nitrogen and oxygen atoms in total. The van der Waals surface area contributed by atoms with Crippen LogP contribution < -0.4 is 0 Å². The number of hydrogen-bond donors (Lipinski definition) is 0. The van der Waals surface area contributed by atoms with Crippen LogP contribution in [0.2, 0.25) is 0 Å². The van der Waals surface area contributed by atoms with E-state index in [0.717, 1.165) is 30.6 Å². The highest BCUT2D eigenvalue weighted by Crippen LogP contribution is 2.22. The van der Waals surface area contributed by atoms with E-state index in [1.807, 2.05) is 16.8 Å².